The van der Waals surface area contributed by atoms with Crippen molar-refractivity contribution in [3.63, 3.8) is 0 Å². The van der Waals surface area contributed by atoms with Crippen LogP contribution in [-0.4, -0.2) is 29.3 Å². The number of aromatic nitrogens is 1. The van der Waals surface area contributed by atoms with Gasteiger partial charge in [0.2, 0.25) is 0 Å². The predicted molar refractivity (Wildman–Crippen MR) is 83.6 cm³/mol. The Morgan fingerprint density at radius 2 is 2.00 bits per heavy atom. The summed E-state index contributed by atoms with van der Waals surface area (Å²) in [6, 6.07) is 11.1. The van der Waals surface area contributed by atoms with E-state index in [0.29, 0.717) is 23.9 Å². The van der Waals surface area contributed by atoms with Crippen LogP contribution < -0.4 is 10.1 Å². The highest BCUT2D eigenvalue weighted by Crippen LogP contribution is 2.15. The minimum Gasteiger partial charge on any atom is -0.491 e. The first-order chi connectivity index (χ1) is 10.1. The van der Waals surface area contributed by atoms with Crippen LogP contribution in [-0.2, 0) is 6.54 Å². The number of halogens is 1. The van der Waals surface area contributed by atoms with Crippen molar-refractivity contribution in [1.29, 1.82) is 0 Å². The summed E-state index contributed by atoms with van der Waals surface area (Å²) in [7, 11) is 0. The van der Waals surface area contributed by atoms with E-state index in [0.717, 1.165) is 11.3 Å². The van der Waals surface area contributed by atoms with E-state index in [4.69, 9.17) is 16.3 Å². The maximum atomic E-state index is 9.86. The van der Waals surface area contributed by atoms with Crippen molar-refractivity contribution in [3.8, 4) is 5.75 Å². The highest BCUT2D eigenvalue weighted by molar-refractivity contribution is 6.30. The van der Waals surface area contributed by atoms with E-state index in [1.165, 1.54) is 0 Å². The van der Waals surface area contributed by atoms with Gasteiger partial charge in [-0.15, -0.1) is 0 Å². The van der Waals surface area contributed by atoms with Gasteiger partial charge in [0.1, 0.15) is 18.5 Å². The normalized spacial score (nSPS) is 12.1. The van der Waals surface area contributed by atoms with Crippen LogP contribution in [0.1, 0.15) is 11.3 Å². The Morgan fingerprint density at radius 1 is 1.24 bits per heavy atom. The third-order valence-corrected chi connectivity index (χ3v) is 3.19. The molecule has 0 aliphatic rings. The predicted octanol–water partition coefficient (Wildman–Crippen LogP) is 2.57. The number of hydrogen-bond donors (Lipinski definition) is 2. The minimum absolute atomic E-state index is 0.237. The van der Waals surface area contributed by atoms with Gasteiger partial charge in [0.25, 0.3) is 0 Å². The number of aliphatic hydroxyl groups excluding tert-OH is 1. The molecule has 5 heteroatoms. The molecule has 0 aliphatic carbocycles. The van der Waals surface area contributed by atoms with Gasteiger partial charge in [-0.05, 0) is 42.8 Å². The summed E-state index contributed by atoms with van der Waals surface area (Å²) in [4.78, 5) is 4.22. The minimum atomic E-state index is -0.570. The van der Waals surface area contributed by atoms with Gasteiger partial charge >= 0.3 is 0 Å². The molecule has 0 saturated heterocycles. The fourth-order valence-corrected chi connectivity index (χ4v) is 1.89. The molecule has 4 nitrogen and oxygen atoms in total. The molecule has 0 fully saturated rings. The molecule has 0 saturated carbocycles. The quantitative estimate of drug-likeness (QED) is 0.825. The molecule has 0 aliphatic heterocycles. The van der Waals surface area contributed by atoms with Crippen LogP contribution in [0.3, 0.4) is 0 Å². The molecule has 21 heavy (non-hydrogen) atoms. The van der Waals surface area contributed by atoms with E-state index in [1.54, 1.807) is 24.3 Å². The van der Waals surface area contributed by atoms with Crippen molar-refractivity contribution in [1.82, 2.24) is 10.3 Å². The Labute approximate surface area is 129 Å². The Morgan fingerprint density at radius 3 is 2.67 bits per heavy atom. The lowest BCUT2D eigenvalue weighted by Crippen LogP contribution is -2.31. The third-order valence-electron chi connectivity index (χ3n) is 2.94. The number of rotatable bonds is 7. The number of nitrogens with one attached hydrogen (secondary N) is 1. The number of pyridine rings is 1. The number of aliphatic hydroxyl groups is 1. The molecule has 1 atom stereocenters. The van der Waals surface area contributed by atoms with E-state index >= 15 is 0 Å². The van der Waals surface area contributed by atoms with Gasteiger partial charge in [0, 0.05) is 30.0 Å². The van der Waals surface area contributed by atoms with Crippen molar-refractivity contribution >= 4 is 11.6 Å². The average Bonchev–Trinajstić information content (AvgIpc) is 2.49. The number of ether oxygens (including phenoxy) is 1. The molecule has 1 unspecified atom stereocenters. The van der Waals surface area contributed by atoms with Gasteiger partial charge in [-0.3, -0.25) is 4.98 Å². The molecular weight excluding hydrogens is 288 g/mol. The maximum Gasteiger partial charge on any atom is 0.119 e. The lowest BCUT2D eigenvalue weighted by Gasteiger charge is -2.13. The topological polar surface area (TPSA) is 54.4 Å². The van der Waals surface area contributed by atoms with Crippen molar-refractivity contribution in [2.24, 2.45) is 0 Å². The van der Waals surface area contributed by atoms with E-state index in [2.05, 4.69) is 10.3 Å². The van der Waals surface area contributed by atoms with Crippen LogP contribution in [0, 0.1) is 6.92 Å². The van der Waals surface area contributed by atoms with E-state index in [1.807, 2.05) is 25.3 Å². The van der Waals surface area contributed by atoms with Crippen molar-refractivity contribution in [3.05, 3.63) is 58.9 Å². The van der Waals surface area contributed by atoms with Crippen LogP contribution in [0.2, 0.25) is 5.02 Å². The van der Waals surface area contributed by atoms with Crippen LogP contribution >= 0.6 is 11.6 Å². The standard InChI is InChI=1S/C16H19ClN2O2/c1-12-2-3-13(9-19-12)8-18-10-15(20)11-21-16-6-4-14(17)5-7-16/h2-7,9,15,18,20H,8,10-11H2,1H3. The molecular formula is C16H19ClN2O2. The third kappa shape index (κ3) is 5.71. The number of benzene rings is 1. The van der Waals surface area contributed by atoms with Gasteiger partial charge in [0.15, 0.2) is 0 Å². The zero-order chi connectivity index (χ0) is 15.1. The molecule has 0 spiro atoms. The maximum absolute atomic E-state index is 9.86. The first-order valence-electron chi connectivity index (χ1n) is 6.82. The Balaban J connectivity index is 1.66. The van der Waals surface area contributed by atoms with Gasteiger partial charge in [-0.25, -0.2) is 0 Å². The number of nitrogens with zero attached hydrogens (tertiary/aromatic N) is 1. The van der Waals surface area contributed by atoms with Gasteiger partial charge in [-0.2, -0.15) is 0 Å². The molecule has 1 heterocycles. The number of aryl methyl sites for hydroxylation is 1. The second kappa shape index (κ2) is 7.98. The molecule has 1 aromatic heterocycles. The SMILES string of the molecule is Cc1ccc(CNCC(O)COc2ccc(Cl)cc2)cn1. The van der Waals surface area contributed by atoms with Crippen molar-refractivity contribution in [2.75, 3.05) is 13.2 Å². The summed E-state index contributed by atoms with van der Waals surface area (Å²) < 4.78 is 5.48. The largest absolute Gasteiger partial charge is 0.491 e. The first-order valence-corrected chi connectivity index (χ1v) is 7.20. The number of hydrogen-bond acceptors (Lipinski definition) is 4. The summed E-state index contributed by atoms with van der Waals surface area (Å²) >= 11 is 5.79. The van der Waals surface area contributed by atoms with Gasteiger partial charge in [-0.1, -0.05) is 17.7 Å². The van der Waals surface area contributed by atoms with Crippen LogP contribution in [0.4, 0.5) is 0 Å². The Bertz CT molecular complexity index is 543. The Hall–Kier alpha value is -1.62. The van der Waals surface area contributed by atoms with Crippen LogP contribution in [0.5, 0.6) is 5.75 Å². The molecule has 2 rings (SSSR count). The monoisotopic (exact) mass is 306 g/mol. The summed E-state index contributed by atoms with van der Waals surface area (Å²) in [6.45, 7) is 3.32. The smallest absolute Gasteiger partial charge is 0.119 e. The molecule has 112 valence electrons. The fraction of sp³-hybridized carbons (Fsp3) is 0.312. The van der Waals surface area contributed by atoms with Crippen LogP contribution in [0.15, 0.2) is 42.6 Å². The average molecular weight is 307 g/mol. The Kier molecular flexibility index (Phi) is 5.99. The molecule has 0 bridgehead atoms. The van der Waals surface area contributed by atoms with Gasteiger partial charge < -0.3 is 15.2 Å². The summed E-state index contributed by atoms with van der Waals surface area (Å²) in [6.07, 6.45) is 1.26. The van der Waals surface area contributed by atoms with E-state index in [-0.39, 0.29) is 6.61 Å². The molecule has 2 aromatic rings. The second-order valence-corrected chi connectivity index (χ2v) is 5.29. The van der Waals surface area contributed by atoms with Crippen molar-refractivity contribution < 1.29 is 9.84 Å². The lowest BCUT2D eigenvalue weighted by atomic mass is 10.2. The molecule has 0 amide bonds. The summed E-state index contributed by atoms with van der Waals surface area (Å²) in [5, 5.41) is 13.7. The van der Waals surface area contributed by atoms with E-state index < -0.39 is 6.10 Å². The highest BCUT2D eigenvalue weighted by Gasteiger charge is 2.05. The van der Waals surface area contributed by atoms with Crippen LogP contribution in [0.25, 0.3) is 0 Å². The zero-order valence-corrected chi connectivity index (χ0v) is 12.7. The molecule has 0 radical (unpaired) electrons. The lowest BCUT2D eigenvalue weighted by molar-refractivity contribution is 0.106. The van der Waals surface area contributed by atoms with Gasteiger partial charge in [0.05, 0.1) is 0 Å². The summed E-state index contributed by atoms with van der Waals surface area (Å²) in [5.41, 5.74) is 2.08. The van der Waals surface area contributed by atoms with Crippen molar-refractivity contribution in [2.45, 2.75) is 19.6 Å². The van der Waals surface area contributed by atoms with E-state index in [9.17, 15) is 5.11 Å². The second-order valence-electron chi connectivity index (χ2n) is 4.86. The summed E-state index contributed by atoms with van der Waals surface area (Å²) in [5.74, 6) is 0.696. The first kappa shape index (κ1) is 15.8. The zero-order valence-electron chi connectivity index (χ0n) is 11.9. The fourth-order valence-electron chi connectivity index (χ4n) is 1.77. The highest BCUT2D eigenvalue weighted by atomic mass is 35.5. The molecule has 2 N–H and O–H groups in total. The molecule has 1 aromatic carbocycles.